The molecule has 8 heteroatoms. The summed E-state index contributed by atoms with van der Waals surface area (Å²) in [5.41, 5.74) is 7.29. The van der Waals surface area contributed by atoms with Crippen LogP contribution in [-0.4, -0.2) is 20.2 Å². The average molecular weight is 369 g/mol. The van der Waals surface area contributed by atoms with Crippen molar-refractivity contribution in [3.63, 3.8) is 0 Å². The molecule has 0 fully saturated rings. The van der Waals surface area contributed by atoms with Crippen LogP contribution >= 0.6 is 27.5 Å². The van der Waals surface area contributed by atoms with Crippen LogP contribution < -0.4 is 5.73 Å². The molecule has 1 heterocycles. The molecular formula is C13H8BrClFN5. The third kappa shape index (κ3) is 2.62. The SMILES string of the molecule is Nc1ccc(-c2nnnn2-c2cc(F)ccc2Br)c(Cl)c1. The molecule has 2 aromatic carbocycles. The first-order chi connectivity index (χ1) is 10.1. The summed E-state index contributed by atoms with van der Waals surface area (Å²) >= 11 is 9.53. The second kappa shape index (κ2) is 5.42. The summed E-state index contributed by atoms with van der Waals surface area (Å²) < 4.78 is 15.5. The van der Waals surface area contributed by atoms with Crippen LogP contribution in [0.4, 0.5) is 10.1 Å². The summed E-state index contributed by atoms with van der Waals surface area (Å²) in [7, 11) is 0. The molecule has 0 amide bonds. The Morgan fingerprint density at radius 3 is 2.76 bits per heavy atom. The lowest BCUT2D eigenvalue weighted by atomic mass is 10.2. The molecule has 3 rings (SSSR count). The van der Waals surface area contributed by atoms with E-state index in [0.29, 0.717) is 32.3 Å². The normalized spacial score (nSPS) is 10.8. The summed E-state index contributed by atoms with van der Waals surface area (Å²) in [5, 5.41) is 11.9. The first-order valence-corrected chi connectivity index (χ1v) is 7.02. The second-order valence-corrected chi connectivity index (χ2v) is 5.51. The van der Waals surface area contributed by atoms with Crippen LogP contribution in [0.15, 0.2) is 40.9 Å². The Balaban J connectivity index is 2.19. The zero-order valence-corrected chi connectivity index (χ0v) is 12.8. The van der Waals surface area contributed by atoms with Gasteiger partial charge in [0.05, 0.1) is 10.7 Å². The maximum Gasteiger partial charge on any atom is 0.188 e. The van der Waals surface area contributed by atoms with Crippen molar-refractivity contribution in [3.05, 3.63) is 51.7 Å². The number of tetrazole rings is 1. The Morgan fingerprint density at radius 2 is 2.00 bits per heavy atom. The number of benzene rings is 2. The minimum Gasteiger partial charge on any atom is -0.399 e. The topological polar surface area (TPSA) is 69.6 Å². The molecule has 0 unspecified atom stereocenters. The number of nitrogens with two attached hydrogens (primary N) is 1. The molecule has 0 spiro atoms. The molecule has 0 atom stereocenters. The summed E-state index contributed by atoms with van der Waals surface area (Å²) in [4.78, 5) is 0. The van der Waals surface area contributed by atoms with Gasteiger partial charge < -0.3 is 5.73 Å². The molecule has 106 valence electrons. The van der Waals surface area contributed by atoms with Gasteiger partial charge in [0.25, 0.3) is 0 Å². The summed E-state index contributed by atoms with van der Waals surface area (Å²) in [5.74, 6) is 0.00403. The minimum absolute atomic E-state index is 0.391. The van der Waals surface area contributed by atoms with Gasteiger partial charge in [-0.2, -0.15) is 4.68 Å². The van der Waals surface area contributed by atoms with Crippen LogP contribution in [0.2, 0.25) is 5.02 Å². The number of aromatic nitrogens is 4. The Kier molecular flexibility index (Phi) is 3.60. The molecule has 0 saturated carbocycles. The Bertz CT molecular complexity index is 820. The van der Waals surface area contributed by atoms with E-state index in [1.807, 2.05) is 0 Å². The molecule has 0 bridgehead atoms. The molecule has 0 aliphatic heterocycles. The fourth-order valence-corrected chi connectivity index (χ4v) is 2.57. The molecule has 0 aliphatic carbocycles. The minimum atomic E-state index is -0.391. The lowest BCUT2D eigenvalue weighted by molar-refractivity contribution is 0.624. The van der Waals surface area contributed by atoms with Crippen molar-refractivity contribution in [2.24, 2.45) is 0 Å². The lowest BCUT2D eigenvalue weighted by Gasteiger charge is -2.08. The zero-order valence-electron chi connectivity index (χ0n) is 10.5. The molecule has 3 aromatic rings. The number of halogens is 3. The summed E-state index contributed by atoms with van der Waals surface area (Å²) in [6, 6.07) is 9.27. The van der Waals surface area contributed by atoms with E-state index in [1.165, 1.54) is 16.8 Å². The van der Waals surface area contributed by atoms with E-state index in [1.54, 1.807) is 24.3 Å². The van der Waals surface area contributed by atoms with Crippen LogP contribution in [0, 0.1) is 5.82 Å². The highest BCUT2D eigenvalue weighted by atomic mass is 79.9. The molecular weight excluding hydrogens is 361 g/mol. The van der Waals surface area contributed by atoms with Crippen LogP contribution in [-0.2, 0) is 0 Å². The highest BCUT2D eigenvalue weighted by Gasteiger charge is 2.16. The molecule has 2 N–H and O–H groups in total. The smallest absolute Gasteiger partial charge is 0.188 e. The van der Waals surface area contributed by atoms with Crippen LogP contribution in [0.25, 0.3) is 17.1 Å². The van der Waals surface area contributed by atoms with Gasteiger partial charge in [0.2, 0.25) is 0 Å². The Hall–Kier alpha value is -1.99. The maximum absolute atomic E-state index is 13.5. The van der Waals surface area contributed by atoms with Crippen molar-refractivity contribution in [2.45, 2.75) is 0 Å². The van der Waals surface area contributed by atoms with Crippen LogP contribution in [0.5, 0.6) is 0 Å². The highest BCUT2D eigenvalue weighted by Crippen LogP contribution is 2.31. The Labute approximate surface area is 132 Å². The van der Waals surface area contributed by atoms with Gasteiger partial charge in [-0.15, -0.1) is 5.10 Å². The molecule has 0 radical (unpaired) electrons. The fraction of sp³-hybridized carbons (Fsp3) is 0. The van der Waals surface area contributed by atoms with Gasteiger partial charge in [-0.1, -0.05) is 11.6 Å². The first-order valence-electron chi connectivity index (χ1n) is 5.85. The van der Waals surface area contributed by atoms with Gasteiger partial charge in [0.1, 0.15) is 5.82 Å². The van der Waals surface area contributed by atoms with Crippen molar-refractivity contribution < 1.29 is 4.39 Å². The number of anilines is 1. The van der Waals surface area contributed by atoms with Crippen LogP contribution in [0.1, 0.15) is 0 Å². The quantitative estimate of drug-likeness (QED) is 0.703. The molecule has 21 heavy (non-hydrogen) atoms. The van der Waals surface area contributed by atoms with Crippen molar-refractivity contribution in [1.29, 1.82) is 0 Å². The molecule has 0 aliphatic rings. The summed E-state index contributed by atoms with van der Waals surface area (Å²) in [6.07, 6.45) is 0. The third-order valence-corrected chi connectivity index (χ3v) is 3.82. The van der Waals surface area contributed by atoms with E-state index in [-0.39, 0.29) is 0 Å². The van der Waals surface area contributed by atoms with Crippen molar-refractivity contribution in [1.82, 2.24) is 20.2 Å². The average Bonchev–Trinajstić information content (AvgIpc) is 2.90. The standard InChI is InChI=1S/C13H8BrClFN5/c14-10-4-1-7(16)5-12(10)21-13(18-19-20-21)9-3-2-8(17)6-11(9)15/h1-6H,17H2. The van der Waals surface area contributed by atoms with E-state index in [0.717, 1.165) is 0 Å². The van der Waals surface area contributed by atoms with Gasteiger partial charge in [-0.05, 0) is 56.7 Å². The molecule has 0 saturated heterocycles. The van der Waals surface area contributed by atoms with E-state index >= 15 is 0 Å². The van der Waals surface area contributed by atoms with E-state index in [9.17, 15) is 4.39 Å². The predicted octanol–water partition coefficient (Wildman–Crippen LogP) is 3.47. The number of nitrogens with zero attached hydrogens (tertiary/aromatic N) is 4. The largest absolute Gasteiger partial charge is 0.399 e. The molecule has 5 nitrogen and oxygen atoms in total. The third-order valence-electron chi connectivity index (χ3n) is 2.84. The number of hydrogen-bond donors (Lipinski definition) is 1. The van der Waals surface area contributed by atoms with E-state index in [4.69, 9.17) is 17.3 Å². The first kappa shape index (κ1) is 14.0. The second-order valence-electron chi connectivity index (χ2n) is 4.25. The lowest BCUT2D eigenvalue weighted by Crippen LogP contribution is -2.02. The molecule has 1 aromatic heterocycles. The van der Waals surface area contributed by atoms with Gasteiger partial charge >= 0.3 is 0 Å². The van der Waals surface area contributed by atoms with Crippen molar-refractivity contribution in [3.8, 4) is 17.1 Å². The maximum atomic E-state index is 13.5. The number of nitrogen functional groups attached to an aromatic ring is 1. The van der Waals surface area contributed by atoms with Gasteiger partial charge in [-0.25, -0.2) is 4.39 Å². The van der Waals surface area contributed by atoms with Gasteiger partial charge in [0.15, 0.2) is 5.82 Å². The van der Waals surface area contributed by atoms with Crippen LogP contribution in [0.3, 0.4) is 0 Å². The summed E-state index contributed by atoms with van der Waals surface area (Å²) in [6.45, 7) is 0. The van der Waals surface area contributed by atoms with Crippen molar-refractivity contribution in [2.75, 3.05) is 5.73 Å². The van der Waals surface area contributed by atoms with E-state index < -0.39 is 5.82 Å². The fourth-order valence-electron chi connectivity index (χ4n) is 1.88. The Morgan fingerprint density at radius 1 is 1.19 bits per heavy atom. The zero-order chi connectivity index (χ0) is 15.0. The highest BCUT2D eigenvalue weighted by molar-refractivity contribution is 9.10. The predicted molar refractivity (Wildman–Crippen MR) is 81.7 cm³/mol. The number of hydrogen-bond acceptors (Lipinski definition) is 4. The van der Waals surface area contributed by atoms with Crippen molar-refractivity contribution >= 4 is 33.2 Å². The number of rotatable bonds is 2. The van der Waals surface area contributed by atoms with E-state index in [2.05, 4.69) is 31.5 Å². The van der Waals surface area contributed by atoms with Gasteiger partial charge in [0, 0.05) is 21.8 Å². The van der Waals surface area contributed by atoms with Gasteiger partial charge in [-0.3, -0.25) is 0 Å². The monoisotopic (exact) mass is 367 g/mol.